The minimum absolute atomic E-state index is 0.256. The lowest BCUT2D eigenvalue weighted by Crippen LogP contribution is -2.48. The predicted molar refractivity (Wildman–Crippen MR) is 59.4 cm³/mol. The third-order valence-corrected chi connectivity index (χ3v) is 4.14. The molecule has 82 valence electrons. The molecule has 0 aromatic carbocycles. The molecule has 14 heavy (non-hydrogen) atoms. The quantitative estimate of drug-likeness (QED) is 0.619. The van der Waals surface area contributed by atoms with Gasteiger partial charge in [0, 0.05) is 0 Å². The van der Waals surface area contributed by atoms with Crippen LogP contribution in [-0.4, -0.2) is 11.7 Å². The third kappa shape index (κ3) is 2.13. The second-order valence-electron chi connectivity index (χ2n) is 5.44. The zero-order valence-corrected chi connectivity index (χ0v) is 9.72. The van der Waals surface area contributed by atoms with Gasteiger partial charge in [0.05, 0.1) is 11.7 Å². The summed E-state index contributed by atoms with van der Waals surface area (Å²) in [7, 11) is 0. The van der Waals surface area contributed by atoms with E-state index in [1.165, 1.54) is 51.4 Å². The molecule has 2 saturated heterocycles. The SMILES string of the molecule is CCCCCC1OC2(C)CCC1CC2. The van der Waals surface area contributed by atoms with Crippen LogP contribution < -0.4 is 0 Å². The summed E-state index contributed by atoms with van der Waals surface area (Å²) in [5, 5.41) is 0. The molecule has 1 atom stereocenters. The van der Waals surface area contributed by atoms with Crippen LogP contribution >= 0.6 is 0 Å². The normalized spacial score (nSPS) is 41.6. The fourth-order valence-electron chi connectivity index (χ4n) is 3.09. The Bertz CT molecular complexity index is 180. The molecule has 3 rings (SSSR count). The molecule has 1 saturated carbocycles. The molecule has 3 aliphatic rings. The van der Waals surface area contributed by atoms with Crippen LogP contribution in [0.3, 0.4) is 0 Å². The maximum Gasteiger partial charge on any atom is 0.0658 e. The van der Waals surface area contributed by atoms with Gasteiger partial charge in [0.25, 0.3) is 0 Å². The standard InChI is InChI=1S/C13H24O/c1-3-4-5-6-12-11-7-9-13(2,14-12)10-8-11/h11-12H,3-10H2,1-2H3. The van der Waals surface area contributed by atoms with Crippen molar-refractivity contribution in [1.29, 1.82) is 0 Å². The zero-order valence-electron chi connectivity index (χ0n) is 9.72. The van der Waals surface area contributed by atoms with Crippen molar-refractivity contribution in [1.82, 2.24) is 0 Å². The largest absolute Gasteiger partial charge is 0.372 e. The van der Waals surface area contributed by atoms with E-state index in [-0.39, 0.29) is 5.60 Å². The number of hydrogen-bond donors (Lipinski definition) is 0. The van der Waals surface area contributed by atoms with Gasteiger partial charge in [-0.2, -0.15) is 0 Å². The highest BCUT2D eigenvalue weighted by Gasteiger charge is 2.43. The van der Waals surface area contributed by atoms with Crippen LogP contribution in [-0.2, 0) is 4.74 Å². The van der Waals surface area contributed by atoms with Crippen molar-refractivity contribution in [3.63, 3.8) is 0 Å². The molecule has 1 unspecified atom stereocenters. The molecular weight excluding hydrogens is 172 g/mol. The second kappa shape index (κ2) is 4.22. The molecular formula is C13H24O. The Labute approximate surface area is 88.2 Å². The van der Waals surface area contributed by atoms with Crippen molar-refractivity contribution < 1.29 is 4.74 Å². The molecule has 0 radical (unpaired) electrons. The number of unbranched alkanes of at least 4 members (excludes halogenated alkanes) is 2. The lowest BCUT2D eigenvalue weighted by Gasteiger charge is -2.49. The Morgan fingerprint density at radius 1 is 1.21 bits per heavy atom. The minimum Gasteiger partial charge on any atom is -0.372 e. The second-order valence-corrected chi connectivity index (χ2v) is 5.44. The van der Waals surface area contributed by atoms with Crippen molar-refractivity contribution >= 4 is 0 Å². The highest BCUT2D eigenvalue weighted by Crippen LogP contribution is 2.45. The Morgan fingerprint density at radius 3 is 2.50 bits per heavy atom. The van der Waals surface area contributed by atoms with Crippen LogP contribution in [0.4, 0.5) is 0 Å². The van der Waals surface area contributed by atoms with Crippen molar-refractivity contribution in [3.05, 3.63) is 0 Å². The van der Waals surface area contributed by atoms with Crippen molar-refractivity contribution in [2.24, 2.45) is 5.92 Å². The van der Waals surface area contributed by atoms with Crippen LogP contribution in [0.2, 0.25) is 0 Å². The summed E-state index contributed by atoms with van der Waals surface area (Å²) in [6.45, 7) is 4.59. The van der Waals surface area contributed by atoms with E-state index in [4.69, 9.17) is 4.74 Å². The fourth-order valence-corrected chi connectivity index (χ4v) is 3.09. The Balaban J connectivity index is 1.82. The molecule has 0 amide bonds. The first-order valence-electron chi connectivity index (χ1n) is 6.41. The number of hydrogen-bond acceptors (Lipinski definition) is 1. The van der Waals surface area contributed by atoms with E-state index in [1.807, 2.05) is 0 Å². The number of fused-ring (bicyclic) bond motifs is 3. The Morgan fingerprint density at radius 2 is 1.93 bits per heavy atom. The van der Waals surface area contributed by atoms with E-state index < -0.39 is 0 Å². The van der Waals surface area contributed by atoms with E-state index in [0.29, 0.717) is 6.10 Å². The maximum atomic E-state index is 6.22. The average Bonchev–Trinajstić information content (AvgIpc) is 2.18. The summed E-state index contributed by atoms with van der Waals surface area (Å²) in [4.78, 5) is 0. The van der Waals surface area contributed by atoms with Crippen molar-refractivity contribution in [2.75, 3.05) is 0 Å². The molecule has 0 spiro atoms. The van der Waals surface area contributed by atoms with Gasteiger partial charge in [-0.25, -0.2) is 0 Å². The third-order valence-electron chi connectivity index (χ3n) is 4.14. The maximum absolute atomic E-state index is 6.22. The molecule has 0 N–H and O–H groups in total. The molecule has 2 bridgehead atoms. The molecule has 3 fully saturated rings. The lowest BCUT2D eigenvalue weighted by molar-refractivity contribution is -0.186. The summed E-state index contributed by atoms with van der Waals surface area (Å²) >= 11 is 0. The fraction of sp³-hybridized carbons (Fsp3) is 1.00. The molecule has 1 nitrogen and oxygen atoms in total. The van der Waals surface area contributed by atoms with Crippen LogP contribution in [0, 0.1) is 5.92 Å². The average molecular weight is 196 g/mol. The molecule has 2 heterocycles. The van der Waals surface area contributed by atoms with Crippen LogP contribution in [0.25, 0.3) is 0 Å². The van der Waals surface area contributed by atoms with E-state index >= 15 is 0 Å². The summed E-state index contributed by atoms with van der Waals surface area (Å²) in [5.41, 5.74) is 0.256. The van der Waals surface area contributed by atoms with E-state index in [0.717, 1.165) is 5.92 Å². The molecule has 2 aliphatic heterocycles. The first-order chi connectivity index (χ1) is 6.73. The number of ether oxygens (including phenoxy) is 1. The zero-order chi connectivity index (χ0) is 10.0. The summed E-state index contributed by atoms with van der Waals surface area (Å²) in [5.74, 6) is 0.897. The van der Waals surface area contributed by atoms with E-state index in [2.05, 4.69) is 13.8 Å². The molecule has 1 aliphatic carbocycles. The van der Waals surface area contributed by atoms with Gasteiger partial charge in [0.2, 0.25) is 0 Å². The summed E-state index contributed by atoms with van der Waals surface area (Å²) < 4.78 is 6.22. The molecule has 0 aromatic rings. The molecule has 1 heteroatoms. The van der Waals surface area contributed by atoms with Gasteiger partial charge >= 0.3 is 0 Å². The highest BCUT2D eigenvalue weighted by atomic mass is 16.5. The van der Waals surface area contributed by atoms with Crippen LogP contribution in [0.1, 0.15) is 65.2 Å². The summed E-state index contributed by atoms with van der Waals surface area (Å²) in [6.07, 6.45) is 11.5. The van der Waals surface area contributed by atoms with E-state index in [9.17, 15) is 0 Å². The Hall–Kier alpha value is -0.0400. The summed E-state index contributed by atoms with van der Waals surface area (Å²) in [6, 6.07) is 0. The van der Waals surface area contributed by atoms with Gasteiger partial charge in [-0.3, -0.25) is 0 Å². The first-order valence-corrected chi connectivity index (χ1v) is 6.41. The van der Waals surface area contributed by atoms with E-state index in [1.54, 1.807) is 0 Å². The van der Waals surface area contributed by atoms with Gasteiger partial charge in [-0.1, -0.05) is 26.2 Å². The van der Waals surface area contributed by atoms with Crippen LogP contribution in [0.15, 0.2) is 0 Å². The predicted octanol–water partition coefficient (Wildman–Crippen LogP) is 3.91. The molecule has 0 aromatic heterocycles. The van der Waals surface area contributed by atoms with Gasteiger partial charge in [-0.05, 0) is 44.9 Å². The van der Waals surface area contributed by atoms with Crippen molar-refractivity contribution in [2.45, 2.75) is 76.9 Å². The topological polar surface area (TPSA) is 9.23 Å². The van der Waals surface area contributed by atoms with Crippen LogP contribution in [0.5, 0.6) is 0 Å². The monoisotopic (exact) mass is 196 g/mol. The van der Waals surface area contributed by atoms with Gasteiger partial charge in [0.15, 0.2) is 0 Å². The van der Waals surface area contributed by atoms with Gasteiger partial charge in [0.1, 0.15) is 0 Å². The van der Waals surface area contributed by atoms with Gasteiger partial charge in [-0.15, -0.1) is 0 Å². The lowest BCUT2D eigenvalue weighted by atomic mass is 9.72. The smallest absolute Gasteiger partial charge is 0.0658 e. The van der Waals surface area contributed by atoms with Crippen molar-refractivity contribution in [3.8, 4) is 0 Å². The van der Waals surface area contributed by atoms with Gasteiger partial charge < -0.3 is 4.74 Å². The Kier molecular flexibility index (Phi) is 3.16. The first kappa shape index (κ1) is 10.5. The highest BCUT2D eigenvalue weighted by molar-refractivity contribution is 4.93. The number of rotatable bonds is 4. The minimum atomic E-state index is 0.256.